The van der Waals surface area contributed by atoms with Crippen molar-refractivity contribution in [3.05, 3.63) is 84.7 Å². The lowest BCUT2D eigenvalue weighted by molar-refractivity contribution is 0.0734. The number of benzene rings is 2. The van der Waals surface area contributed by atoms with Crippen LogP contribution in [-0.2, 0) is 6.42 Å². The van der Waals surface area contributed by atoms with Crippen molar-refractivity contribution in [1.29, 1.82) is 0 Å². The van der Waals surface area contributed by atoms with Gasteiger partial charge in [0.15, 0.2) is 5.82 Å². The van der Waals surface area contributed by atoms with Crippen molar-refractivity contribution in [3.63, 3.8) is 0 Å². The SMILES string of the molecule is C=CCCCCCCCCCOc1ccc(C(=O)Oc2ccc(-c3ncc(CCCCC[C@@H](C)CC)cn3)cc2)cc1. The fraction of sp³-hybridized carbons (Fsp3) is 0.486. The number of esters is 1. The first kappa shape index (κ1) is 33.0. The maximum atomic E-state index is 12.6. The second-order valence-electron chi connectivity index (χ2n) is 11.4. The summed E-state index contributed by atoms with van der Waals surface area (Å²) in [6.45, 7) is 9.05. The predicted octanol–water partition coefficient (Wildman–Crippen LogP) is 10.2. The van der Waals surface area contributed by atoms with E-state index in [2.05, 4.69) is 30.4 Å². The smallest absolute Gasteiger partial charge is 0.343 e. The molecule has 3 rings (SSSR count). The molecule has 5 nitrogen and oxygen atoms in total. The number of hydrogen-bond acceptors (Lipinski definition) is 5. The van der Waals surface area contributed by atoms with Crippen molar-refractivity contribution in [2.24, 2.45) is 5.92 Å². The summed E-state index contributed by atoms with van der Waals surface area (Å²) in [5, 5.41) is 0. The number of aryl methyl sites for hydroxylation is 1. The Kier molecular flexibility index (Phi) is 15.4. The van der Waals surface area contributed by atoms with Gasteiger partial charge in [0.2, 0.25) is 0 Å². The van der Waals surface area contributed by atoms with E-state index in [-0.39, 0.29) is 0 Å². The average molecular weight is 571 g/mol. The zero-order chi connectivity index (χ0) is 29.8. The van der Waals surface area contributed by atoms with E-state index in [0.29, 0.717) is 23.7 Å². The van der Waals surface area contributed by atoms with Crippen molar-refractivity contribution in [2.45, 2.75) is 104 Å². The van der Waals surface area contributed by atoms with E-state index in [4.69, 9.17) is 9.47 Å². The molecule has 1 aromatic heterocycles. The molecule has 2 aromatic carbocycles. The Bertz CT molecular complexity index is 1160. The summed E-state index contributed by atoms with van der Waals surface area (Å²) in [6.07, 6.45) is 22.9. The van der Waals surface area contributed by atoms with Crippen LogP contribution >= 0.6 is 0 Å². The first-order valence-corrected chi connectivity index (χ1v) is 16.1. The third-order valence-electron chi connectivity index (χ3n) is 7.80. The second-order valence-corrected chi connectivity index (χ2v) is 11.4. The highest BCUT2D eigenvalue weighted by Gasteiger charge is 2.10. The van der Waals surface area contributed by atoms with Crippen LogP contribution in [0.2, 0.25) is 0 Å². The molecule has 1 heterocycles. The van der Waals surface area contributed by atoms with E-state index >= 15 is 0 Å². The van der Waals surface area contributed by atoms with Gasteiger partial charge in [-0.3, -0.25) is 0 Å². The largest absolute Gasteiger partial charge is 0.494 e. The van der Waals surface area contributed by atoms with Gasteiger partial charge in [-0.15, -0.1) is 6.58 Å². The Morgan fingerprint density at radius 3 is 2.10 bits per heavy atom. The first-order valence-electron chi connectivity index (χ1n) is 16.1. The molecule has 0 aliphatic rings. The Hall–Kier alpha value is -3.47. The van der Waals surface area contributed by atoms with Crippen LogP contribution in [-0.4, -0.2) is 22.5 Å². The Morgan fingerprint density at radius 2 is 1.43 bits per heavy atom. The lowest BCUT2D eigenvalue weighted by atomic mass is 10.00. The summed E-state index contributed by atoms with van der Waals surface area (Å²) >= 11 is 0. The van der Waals surface area contributed by atoms with Gasteiger partial charge in [0.05, 0.1) is 12.2 Å². The summed E-state index contributed by atoms with van der Waals surface area (Å²) < 4.78 is 11.4. The summed E-state index contributed by atoms with van der Waals surface area (Å²) in [5.41, 5.74) is 2.55. The van der Waals surface area contributed by atoms with Crippen LogP contribution in [0.15, 0.2) is 73.6 Å². The monoisotopic (exact) mass is 570 g/mol. The van der Waals surface area contributed by atoms with Gasteiger partial charge in [-0.1, -0.05) is 77.7 Å². The summed E-state index contributed by atoms with van der Waals surface area (Å²) in [4.78, 5) is 21.8. The highest BCUT2D eigenvalue weighted by Crippen LogP contribution is 2.22. The number of rotatable bonds is 21. The van der Waals surface area contributed by atoms with Gasteiger partial charge in [-0.2, -0.15) is 0 Å². The molecule has 0 saturated heterocycles. The summed E-state index contributed by atoms with van der Waals surface area (Å²) in [7, 11) is 0. The number of hydrogen-bond donors (Lipinski definition) is 0. The van der Waals surface area contributed by atoms with Crippen LogP contribution in [0.4, 0.5) is 0 Å². The number of nitrogens with zero attached hydrogens (tertiary/aromatic N) is 2. The van der Waals surface area contributed by atoms with E-state index in [9.17, 15) is 4.79 Å². The van der Waals surface area contributed by atoms with Crippen molar-refractivity contribution in [1.82, 2.24) is 9.97 Å². The third kappa shape index (κ3) is 12.6. The van der Waals surface area contributed by atoms with E-state index < -0.39 is 5.97 Å². The summed E-state index contributed by atoms with van der Waals surface area (Å²) in [5.74, 6) is 2.36. The number of allylic oxidation sites excluding steroid dienone is 1. The normalized spacial score (nSPS) is 11.7. The van der Waals surface area contributed by atoms with Crippen LogP contribution < -0.4 is 9.47 Å². The van der Waals surface area contributed by atoms with Crippen LogP contribution in [0.1, 0.15) is 113 Å². The van der Waals surface area contributed by atoms with Gasteiger partial charge in [-0.25, -0.2) is 14.8 Å². The molecule has 0 N–H and O–H groups in total. The van der Waals surface area contributed by atoms with Gasteiger partial charge in [0.25, 0.3) is 0 Å². The fourth-order valence-electron chi connectivity index (χ4n) is 4.83. The zero-order valence-electron chi connectivity index (χ0n) is 25.9. The van der Waals surface area contributed by atoms with Crippen LogP contribution in [0.5, 0.6) is 11.5 Å². The highest BCUT2D eigenvalue weighted by molar-refractivity contribution is 5.91. The molecule has 42 heavy (non-hydrogen) atoms. The van der Waals surface area contributed by atoms with Crippen molar-refractivity contribution in [3.8, 4) is 22.9 Å². The zero-order valence-corrected chi connectivity index (χ0v) is 25.9. The van der Waals surface area contributed by atoms with E-state index in [1.54, 1.807) is 24.3 Å². The quantitative estimate of drug-likeness (QED) is 0.0552. The molecule has 5 heteroatoms. The Labute approximate surface area is 253 Å². The average Bonchev–Trinajstić information content (AvgIpc) is 3.02. The molecule has 0 saturated carbocycles. The number of aromatic nitrogens is 2. The highest BCUT2D eigenvalue weighted by atomic mass is 16.5. The molecule has 0 amide bonds. The molecule has 0 aliphatic carbocycles. The van der Waals surface area contributed by atoms with Crippen molar-refractivity contribution in [2.75, 3.05) is 6.61 Å². The minimum absolute atomic E-state index is 0.396. The molecular weight excluding hydrogens is 520 g/mol. The van der Waals surface area contributed by atoms with Crippen LogP contribution in [0.25, 0.3) is 11.4 Å². The van der Waals surface area contributed by atoms with Crippen molar-refractivity contribution < 1.29 is 14.3 Å². The number of unbranched alkanes of at least 4 members (excludes halogenated alkanes) is 9. The van der Waals surface area contributed by atoms with Crippen LogP contribution in [0.3, 0.4) is 0 Å². The minimum Gasteiger partial charge on any atom is -0.494 e. The minimum atomic E-state index is -0.396. The molecular formula is C37H50N2O3. The molecule has 0 radical (unpaired) electrons. The van der Waals surface area contributed by atoms with Gasteiger partial charge in [0.1, 0.15) is 11.5 Å². The van der Waals surface area contributed by atoms with Gasteiger partial charge < -0.3 is 9.47 Å². The molecule has 226 valence electrons. The van der Waals surface area contributed by atoms with Gasteiger partial charge in [-0.05, 0) is 92.1 Å². The maximum Gasteiger partial charge on any atom is 0.343 e. The van der Waals surface area contributed by atoms with Gasteiger partial charge >= 0.3 is 5.97 Å². The molecule has 1 atom stereocenters. The number of carbonyl (C=O) groups excluding carboxylic acids is 1. The standard InChI is InChI=1S/C37H50N2O3/c1-4-6-7-8-9-10-11-12-16-27-41-34-23-21-33(22-24-34)37(40)42-35-25-19-32(20-26-35)36-38-28-31(29-39-36)18-15-13-14-17-30(3)5-2/h4,19-26,28-30H,1,5-18,27H2,2-3H3/t30-/m0/s1. The van der Waals surface area contributed by atoms with E-state index in [1.165, 1.54) is 76.2 Å². The molecule has 0 unspecified atom stereocenters. The fourth-order valence-corrected chi connectivity index (χ4v) is 4.83. The van der Waals surface area contributed by atoms with E-state index in [1.807, 2.05) is 42.7 Å². The Morgan fingerprint density at radius 1 is 0.810 bits per heavy atom. The first-order chi connectivity index (χ1) is 20.6. The summed E-state index contributed by atoms with van der Waals surface area (Å²) in [6, 6.07) is 14.5. The molecule has 0 bridgehead atoms. The van der Waals surface area contributed by atoms with Gasteiger partial charge in [0, 0.05) is 18.0 Å². The molecule has 0 fully saturated rings. The molecule has 0 aliphatic heterocycles. The Balaban J connectivity index is 1.35. The molecule has 3 aromatic rings. The lowest BCUT2D eigenvalue weighted by Crippen LogP contribution is -2.08. The number of carbonyl (C=O) groups is 1. The van der Waals surface area contributed by atoms with E-state index in [0.717, 1.165) is 36.5 Å². The lowest BCUT2D eigenvalue weighted by Gasteiger charge is -2.08. The molecule has 0 spiro atoms. The predicted molar refractivity (Wildman–Crippen MR) is 173 cm³/mol. The topological polar surface area (TPSA) is 61.3 Å². The number of ether oxygens (including phenoxy) is 2. The third-order valence-corrected chi connectivity index (χ3v) is 7.80. The maximum absolute atomic E-state index is 12.6. The second kappa shape index (κ2) is 19.6. The van der Waals surface area contributed by atoms with Crippen molar-refractivity contribution >= 4 is 5.97 Å². The van der Waals surface area contributed by atoms with Crippen LogP contribution in [0, 0.1) is 5.92 Å².